The summed E-state index contributed by atoms with van der Waals surface area (Å²) in [4.78, 5) is 0. The molecule has 0 aliphatic carbocycles. The first-order valence-electron chi connectivity index (χ1n) is 4.66. The van der Waals surface area contributed by atoms with Gasteiger partial charge in [-0.05, 0) is 49.8 Å². The largest absolute Gasteiger partial charge is 0.396 e. The minimum atomic E-state index is 0.244. The van der Waals surface area contributed by atoms with E-state index in [2.05, 4.69) is 5.32 Å². The molecule has 0 aromatic carbocycles. The summed E-state index contributed by atoms with van der Waals surface area (Å²) in [5.41, 5.74) is 0.244. The summed E-state index contributed by atoms with van der Waals surface area (Å²) in [6, 6.07) is 0. The standard InChI is InChI=1S/C9H19NOS/c1-10-5-2-9(8-11)3-6-12-7-4-9/h10-11H,2-8H2,1H3. The Hall–Kier alpha value is 0.270. The normalized spacial score (nSPS) is 22.5. The van der Waals surface area contributed by atoms with Gasteiger partial charge in [0.25, 0.3) is 0 Å². The van der Waals surface area contributed by atoms with Crippen molar-refractivity contribution in [3.63, 3.8) is 0 Å². The number of hydrogen-bond donors (Lipinski definition) is 2. The molecule has 0 unspecified atom stereocenters. The van der Waals surface area contributed by atoms with Gasteiger partial charge in [-0.15, -0.1) is 0 Å². The van der Waals surface area contributed by atoms with Crippen LogP contribution in [0.4, 0.5) is 0 Å². The number of aliphatic hydroxyl groups excluding tert-OH is 1. The van der Waals surface area contributed by atoms with Crippen molar-refractivity contribution in [2.45, 2.75) is 19.3 Å². The molecule has 0 amide bonds. The molecule has 0 bridgehead atoms. The van der Waals surface area contributed by atoms with Crippen molar-refractivity contribution in [3.8, 4) is 0 Å². The first-order chi connectivity index (χ1) is 5.83. The molecule has 0 aromatic rings. The van der Waals surface area contributed by atoms with Crippen molar-refractivity contribution >= 4 is 11.8 Å². The van der Waals surface area contributed by atoms with E-state index >= 15 is 0 Å². The predicted octanol–water partition coefficient (Wildman–Crippen LogP) is 1.10. The molecule has 1 aliphatic rings. The lowest BCUT2D eigenvalue weighted by Crippen LogP contribution is -2.33. The maximum atomic E-state index is 9.33. The lowest BCUT2D eigenvalue weighted by atomic mass is 9.79. The summed E-state index contributed by atoms with van der Waals surface area (Å²) < 4.78 is 0. The zero-order chi connectivity index (χ0) is 8.86. The number of hydrogen-bond acceptors (Lipinski definition) is 3. The molecule has 72 valence electrons. The van der Waals surface area contributed by atoms with Gasteiger partial charge >= 0.3 is 0 Å². The maximum absolute atomic E-state index is 9.33. The Morgan fingerprint density at radius 1 is 1.42 bits per heavy atom. The summed E-state index contributed by atoms with van der Waals surface area (Å²) in [7, 11) is 1.97. The summed E-state index contributed by atoms with van der Waals surface area (Å²) in [5, 5.41) is 12.5. The van der Waals surface area contributed by atoms with Gasteiger partial charge in [0.2, 0.25) is 0 Å². The molecule has 3 heteroatoms. The SMILES string of the molecule is CNCCC1(CO)CCSCC1. The zero-order valence-corrected chi connectivity index (χ0v) is 8.62. The van der Waals surface area contributed by atoms with Crippen molar-refractivity contribution in [1.82, 2.24) is 5.32 Å². The molecule has 1 aliphatic heterocycles. The van der Waals surface area contributed by atoms with Crippen LogP contribution in [0.25, 0.3) is 0 Å². The fourth-order valence-corrected chi connectivity index (χ4v) is 3.04. The molecular formula is C9H19NOS. The second-order valence-corrected chi connectivity index (χ2v) is 4.85. The van der Waals surface area contributed by atoms with Crippen LogP contribution in [0.15, 0.2) is 0 Å². The van der Waals surface area contributed by atoms with Gasteiger partial charge in [0.15, 0.2) is 0 Å². The van der Waals surface area contributed by atoms with Gasteiger partial charge in [-0.2, -0.15) is 11.8 Å². The summed E-state index contributed by atoms with van der Waals surface area (Å²) in [5.74, 6) is 2.45. The fraction of sp³-hybridized carbons (Fsp3) is 1.00. The van der Waals surface area contributed by atoms with Gasteiger partial charge < -0.3 is 10.4 Å². The van der Waals surface area contributed by atoms with Gasteiger partial charge in [0, 0.05) is 6.61 Å². The summed E-state index contributed by atoms with van der Waals surface area (Å²) >= 11 is 2.01. The summed E-state index contributed by atoms with van der Waals surface area (Å²) in [6.07, 6.45) is 3.51. The minimum Gasteiger partial charge on any atom is -0.396 e. The number of nitrogens with one attached hydrogen (secondary N) is 1. The molecule has 0 aromatic heterocycles. The average molecular weight is 189 g/mol. The second-order valence-electron chi connectivity index (χ2n) is 3.62. The van der Waals surface area contributed by atoms with Crippen LogP contribution in [0.1, 0.15) is 19.3 Å². The summed E-state index contributed by atoms with van der Waals surface area (Å²) in [6.45, 7) is 1.40. The van der Waals surface area contributed by atoms with Crippen LogP contribution in [0.5, 0.6) is 0 Å². The Bertz CT molecular complexity index is 124. The molecule has 12 heavy (non-hydrogen) atoms. The zero-order valence-electron chi connectivity index (χ0n) is 7.81. The van der Waals surface area contributed by atoms with Gasteiger partial charge in [0.05, 0.1) is 0 Å². The third-order valence-corrected chi connectivity index (χ3v) is 3.78. The van der Waals surface area contributed by atoms with Gasteiger partial charge in [-0.3, -0.25) is 0 Å². The number of rotatable bonds is 4. The molecule has 1 fully saturated rings. The van der Waals surface area contributed by atoms with Crippen LogP contribution in [0, 0.1) is 5.41 Å². The van der Waals surface area contributed by atoms with E-state index in [0.717, 1.165) is 13.0 Å². The predicted molar refractivity (Wildman–Crippen MR) is 54.6 cm³/mol. The van der Waals surface area contributed by atoms with Crippen LogP contribution in [0.3, 0.4) is 0 Å². The Labute approximate surface area is 79.1 Å². The first-order valence-corrected chi connectivity index (χ1v) is 5.82. The van der Waals surface area contributed by atoms with E-state index in [9.17, 15) is 5.11 Å². The lowest BCUT2D eigenvalue weighted by Gasteiger charge is -2.35. The minimum absolute atomic E-state index is 0.244. The van der Waals surface area contributed by atoms with E-state index in [1.807, 2.05) is 18.8 Å². The molecule has 1 heterocycles. The van der Waals surface area contributed by atoms with E-state index in [1.54, 1.807) is 0 Å². The van der Waals surface area contributed by atoms with Gasteiger partial charge in [0.1, 0.15) is 0 Å². The highest BCUT2D eigenvalue weighted by Gasteiger charge is 2.30. The second kappa shape index (κ2) is 5.10. The third-order valence-electron chi connectivity index (χ3n) is 2.79. The molecule has 0 saturated carbocycles. The van der Waals surface area contributed by atoms with E-state index in [1.165, 1.54) is 24.3 Å². The molecule has 2 nitrogen and oxygen atoms in total. The van der Waals surface area contributed by atoms with Crippen LogP contribution < -0.4 is 5.32 Å². The van der Waals surface area contributed by atoms with Crippen molar-refractivity contribution in [2.75, 3.05) is 31.7 Å². The topological polar surface area (TPSA) is 32.3 Å². The van der Waals surface area contributed by atoms with Crippen molar-refractivity contribution < 1.29 is 5.11 Å². The highest BCUT2D eigenvalue weighted by atomic mass is 32.2. The average Bonchev–Trinajstić information content (AvgIpc) is 2.16. The van der Waals surface area contributed by atoms with E-state index in [0.29, 0.717) is 6.61 Å². The first kappa shape index (κ1) is 10.4. The Morgan fingerprint density at radius 3 is 2.58 bits per heavy atom. The molecule has 0 spiro atoms. The molecule has 0 atom stereocenters. The quantitative estimate of drug-likeness (QED) is 0.694. The van der Waals surface area contributed by atoms with Crippen LogP contribution in [0.2, 0.25) is 0 Å². The number of thioether (sulfide) groups is 1. The Morgan fingerprint density at radius 2 is 2.08 bits per heavy atom. The molecule has 1 saturated heterocycles. The van der Waals surface area contributed by atoms with Crippen molar-refractivity contribution in [1.29, 1.82) is 0 Å². The van der Waals surface area contributed by atoms with Crippen molar-refractivity contribution in [2.24, 2.45) is 5.41 Å². The Balaban J connectivity index is 2.37. The number of aliphatic hydroxyl groups is 1. The highest BCUT2D eigenvalue weighted by Crippen LogP contribution is 2.37. The highest BCUT2D eigenvalue weighted by molar-refractivity contribution is 7.99. The van der Waals surface area contributed by atoms with Crippen molar-refractivity contribution in [3.05, 3.63) is 0 Å². The Kier molecular flexibility index (Phi) is 4.40. The van der Waals surface area contributed by atoms with Crippen LogP contribution in [-0.2, 0) is 0 Å². The molecular weight excluding hydrogens is 170 g/mol. The lowest BCUT2D eigenvalue weighted by molar-refractivity contribution is 0.105. The molecule has 1 rings (SSSR count). The van der Waals surface area contributed by atoms with E-state index in [-0.39, 0.29) is 5.41 Å². The monoisotopic (exact) mass is 189 g/mol. The van der Waals surface area contributed by atoms with Crippen LogP contribution >= 0.6 is 11.8 Å². The van der Waals surface area contributed by atoms with Gasteiger partial charge in [-0.25, -0.2) is 0 Å². The molecule has 0 radical (unpaired) electrons. The van der Waals surface area contributed by atoms with Crippen LogP contribution in [-0.4, -0.2) is 36.8 Å². The van der Waals surface area contributed by atoms with E-state index < -0.39 is 0 Å². The van der Waals surface area contributed by atoms with E-state index in [4.69, 9.17) is 0 Å². The smallest absolute Gasteiger partial charge is 0.0488 e. The maximum Gasteiger partial charge on any atom is 0.0488 e. The molecule has 2 N–H and O–H groups in total. The van der Waals surface area contributed by atoms with Gasteiger partial charge in [-0.1, -0.05) is 0 Å². The third kappa shape index (κ3) is 2.64. The fourth-order valence-electron chi connectivity index (χ4n) is 1.68.